The van der Waals surface area contributed by atoms with Gasteiger partial charge in [-0.1, -0.05) is 13.3 Å². The van der Waals surface area contributed by atoms with Crippen LogP contribution in [0.5, 0.6) is 0 Å². The lowest BCUT2D eigenvalue weighted by atomic mass is 10.1. The summed E-state index contributed by atoms with van der Waals surface area (Å²) < 4.78 is 9.91. The van der Waals surface area contributed by atoms with Crippen molar-refractivity contribution in [2.75, 3.05) is 0 Å². The van der Waals surface area contributed by atoms with Gasteiger partial charge in [0.05, 0.1) is 6.26 Å². The Morgan fingerprint density at radius 2 is 2.31 bits per heavy atom. The zero-order valence-corrected chi connectivity index (χ0v) is 7.37. The van der Waals surface area contributed by atoms with Gasteiger partial charge in [-0.15, -0.1) is 0 Å². The first-order chi connectivity index (χ1) is 6.33. The van der Waals surface area contributed by atoms with Gasteiger partial charge in [0.2, 0.25) is 0 Å². The van der Waals surface area contributed by atoms with E-state index in [1.54, 1.807) is 12.3 Å². The van der Waals surface area contributed by atoms with Gasteiger partial charge in [-0.3, -0.25) is 0 Å². The number of furan rings is 1. The zero-order chi connectivity index (χ0) is 9.26. The van der Waals surface area contributed by atoms with E-state index in [0.717, 1.165) is 24.0 Å². The second-order valence-corrected chi connectivity index (χ2v) is 2.95. The van der Waals surface area contributed by atoms with Crippen molar-refractivity contribution in [3.05, 3.63) is 34.6 Å². The molecule has 0 amide bonds. The lowest BCUT2D eigenvalue weighted by Gasteiger charge is -1.95. The average molecular weight is 178 g/mol. The van der Waals surface area contributed by atoms with E-state index in [-0.39, 0.29) is 5.63 Å². The number of rotatable bonds is 2. The molecule has 0 fully saturated rings. The lowest BCUT2D eigenvalue weighted by Crippen LogP contribution is -2.00. The lowest BCUT2D eigenvalue weighted by molar-refractivity contribution is 0.492. The molecule has 2 rings (SSSR count). The van der Waals surface area contributed by atoms with Crippen LogP contribution in [0.3, 0.4) is 0 Å². The zero-order valence-electron chi connectivity index (χ0n) is 7.37. The third-order valence-electron chi connectivity index (χ3n) is 2.03. The minimum absolute atomic E-state index is 0.238. The molecular weight excluding hydrogens is 168 g/mol. The molecular formula is C10H10O3. The van der Waals surface area contributed by atoms with Crippen LogP contribution < -0.4 is 5.63 Å². The van der Waals surface area contributed by atoms with Crippen molar-refractivity contribution in [3.8, 4) is 11.3 Å². The molecule has 3 nitrogen and oxygen atoms in total. The number of hydrogen-bond donors (Lipinski definition) is 0. The second-order valence-electron chi connectivity index (χ2n) is 2.95. The first-order valence-corrected chi connectivity index (χ1v) is 4.31. The van der Waals surface area contributed by atoms with Crippen molar-refractivity contribution < 1.29 is 8.83 Å². The Bertz CT molecular complexity index is 424. The van der Waals surface area contributed by atoms with E-state index >= 15 is 0 Å². The topological polar surface area (TPSA) is 43.4 Å². The molecule has 0 spiro atoms. The SMILES string of the molecule is CCCc1c2ccocc-2oc1=O. The second kappa shape index (κ2) is 3.09. The fourth-order valence-corrected chi connectivity index (χ4v) is 1.44. The molecule has 0 N–H and O–H groups in total. The largest absolute Gasteiger partial charge is 0.469 e. The predicted octanol–water partition coefficient (Wildman–Crippen LogP) is 2.29. The van der Waals surface area contributed by atoms with Crippen molar-refractivity contribution in [2.45, 2.75) is 19.8 Å². The van der Waals surface area contributed by atoms with Gasteiger partial charge in [0.15, 0.2) is 5.76 Å². The summed E-state index contributed by atoms with van der Waals surface area (Å²) in [7, 11) is 0. The highest BCUT2D eigenvalue weighted by molar-refractivity contribution is 5.61. The smallest absolute Gasteiger partial charge is 0.340 e. The molecule has 0 saturated carbocycles. The monoisotopic (exact) mass is 178 g/mol. The molecule has 68 valence electrons. The predicted molar refractivity (Wildman–Crippen MR) is 47.9 cm³/mol. The number of hydrogen-bond acceptors (Lipinski definition) is 3. The maximum absolute atomic E-state index is 11.3. The first-order valence-electron chi connectivity index (χ1n) is 4.31. The molecule has 3 heteroatoms. The van der Waals surface area contributed by atoms with Crippen LogP contribution >= 0.6 is 0 Å². The van der Waals surface area contributed by atoms with Crippen LogP contribution in [0.1, 0.15) is 18.9 Å². The van der Waals surface area contributed by atoms with Crippen LogP contribution in [-0.2, 0) is 6.42 Å². The van der Waals surface area contributed by atoms with Crippen LogP contribution in [0.15, 0.2) is 32.2 Å². The fraction of sp³-hybridized carbons (Fsp3) is 0.300. The van der Waals surface area contributed by atoms with Crippen LogP contribution in [0.4, 0.5) is 0 Å². The van der Waals surface area contributed by atoms with E-state index in [0.29, 0.717) is 5.76 Å². The summed E-state index contributed by atoms with van der Waals surface area (Å²) in [5.74, 6) is 0.538. The summed E-state index contributed by atoms with van der Waals surface area (Å²) in [5.41, 5.74) is 1.39. The summed E-state index contributed by atoms with van der Waals surface area (Å²) in [6, 6.07) is 1.77. The Labute approximate surface area is 75.3 Å². The number of fused-ring (bicyclic) bond motifs is 1. The summed E-state index contributed by atoms with van der Waals surface area (Å²) in [4.78, 5) is 11.3. The highest BCUT2D eigenvalue weighted by Crippen LogP contribution is 2.24. The van der Waals surface area contributed by atoms with E-state index in [9.17, 15) is 4.79 Å². The summed E-state index contributed by atoms with van der Waals surface area (Å²) in [6.07, 6.45) is 4.71. The Kier molecular flexibility index (Phi) is 1.93. The molecule has 0 aliphatic carbocycles. The summed E-state index contributed by atoms with van der Waals surface area (Å²) in [6.45, 7) is 2.03. The van der Waals surface area contributed by atoms with Crippen molar-refractivity contribution in [3.63, 3.8) is 0 Å². The van der Waals surface area contributed by atoms with E-state index in [1.165, 1.54) is 6.26 Å². The van der Waals surface area contributed by atoms with E-state index < -0.39 is 0 Å². The molecule has 0 aromatic rings. The minimum Gasteiger partial charge on any atom is -0.469 e. The Morgan fingerprint density at radius 3 is 3.08 bits per heavy atom. The highest BCUT2D eigenvalue weighted by atomic mass is 16.4. The molecule has 0 radical (unpaired) electrons. The molecule has 0 unspecified atom stereocenters. The molecule has 2 heterocycles. The molecule has 13 heavy (non-hydrogen) atoms. The van der Waals surface area contributed by atoms with Crippen molar-refractivity contribution in [1.29, 1.82) is 0 Å². The summed E-state index contributed by atoms with van der Waals surface area (Å²) in [5, 5.41) is 0. The summed E-state index contributed by atoms with van der Waals surface area (Å²) >= 11 is 0. The third-order valence-corrected chi connectivity index (χ3v) is 2.03. The van der Waals surface area contributed by atoms with Gasteiger partial charge in [-0.25, -0.2) is 4.79 Å². The fourth-order valence-electron chi connectivity index (χ4n) is 1.44. The van der Waals surface area contributed by atoms with E-state index in [2.05, 4.69) is 0 Å². The van der Waals surface area contributed by atoms with Gasteiger partial charge in [-0.2, -0.15) is 0 Å². The standard InChI is InChI=1S/C10H10O3/c1-2-3-8-7-4-5-12-6-9(7)13-10(8)11/h4-6H,2-3H2,1H3. The molecule has 2 aliphatic rings. The molecule has 0 bridgehead atoms. The first kappa shape index (κ1) is 8.10. The van der Waals surface area contributed by atoms with Crippen molar-refractivity contribution in [2.24, 2.45) is 0 Å². The Morgan fingerprint density at radius 1 is 1.46 bits per heavy atom. The van der Waals surface area contributed by atoms with Crippen molar-refractivity contribution >= 4 is 0 Å². The molecule has 0 aromatic carbocycles. The van der Waals surface area contributed by atoms with Crippen LogP contribution in [0.25, 0.3) is 11.3 Å². The van der Waals surface area contributed by atoms with Crippen LogP contribution in [-0.4, -0.2) is 0 Å². The normalized spacial score (nSPS) is 10.8. The Balaban J connectivity index is 2.63. The minimum atomic E-state index is -0.238. The Hall–Kier alpha value is -1.51. The van der Waals surface area contributed by atoms with Gasteiger partial charge in [0.25, 0.3) is 0 Å². The van der Waals surface area contributed by atoms with Gasteiger partial charge < -0.3 is 8.83 Å². The van der Waals surface area contributed by atoms with Gasteiger partial charge in [0, 0.05) is 11.1 Å². The average Bonchev–Trinajstić information content (AvgIpc) is 2.44. The molecule has 2 aliphatic heterocycles. The van der Waals surface area contributed by atoms with E-state index in [1.807, 2.05) is 6.92 Å². The molecule has 0 saturated heterocycles. The van der Waals surface area contributed by atoms with Gasteiger partial charge in [0.1, 0.15) is 6.26 Å². The quantitative estimate of drug-likeness (QED) is 0.708. The molecule has 0 aromatic heterocycles. The van der Waals surface area contributed by atoms with Crippen molar-refractivity contribution in [1.82, 2.24) is 0 Å². The van der Waals surface area contributed by atoms with Gasteiger partial charge >= 0.3 is 5.63 Å². The maximum atomic E-state index is 11.3. The van der Waals surface area contributed by atoms with E-state index in [4.69, 9.17) is 8.83 Å². The van der Waals surface area contributed by atoms with Gasteiger partial charge in [-0.05, 0) is 12.5 Å². The highest BCUT2D eigenvalue weighted by Gasteiger charge is 2.16. The third kappa shape index (κ3) is 1.26. The molecule has 0 atom stereocenters. The van der Waals surface area contributed by atoms with Crippen LogP contribution in [0.2, 0.25) is 0 Å². The maximum Gasteiger partial charge on any atom is 0.340 e. The van der Waals surface area contributed by atoms with Crippen LogP contribution in [0, 0.1) is 0 Å².